The molecule has 0 radical (unpaired) electrons. The average Bonchev–Trinajstić information content (AvgIpc) is 2.69. The van der Waals surface area contributed by atoms with E-state index in [9.17, 15) is 4.39 Å². The zero-order valence-corrected chi connectivity index (χ0v) is 11.7. The predicted molar refractivity (Wildman–Crippen MR) is 76.1 cm³/mol. The molecule has 21 heavy (non-hydrogen) atoms. The molecule has 0 fully saturated rings. The van der Waals surface area contributed by atoms with E-state index in [1.807, 2.05) is 0 Å². The van der Waals surface area contributed by atoms with Crippen LogP contribution in [0.2, 0.25) is 0 Å². The molecule has 1 aromatic carbocycles. The van der Waals surface area contributed by atoms with E-state index in [-0.39, 0.29) is 11.9 Å². The van der Waals surface area contributed by atoms with Crippen LogP contribution in [0.4, 0.5) is 10.3 Å². The maximum atomic E-state index is 13.3. The minimum atomic E-state index is -0.299. The quantitative estimate of drug-likeness (QED) is 0.941. The third-order valence-corrected chi connectivity index (χ3v) is 3.39. The third kappa shape index (κ3) is 3.04. The molecule has 5 nitrogen and oxygen atoms in total. The summed E-state index contributed by atoms with van der Waals surface area (Å²) in [7, 11) is 1.56. The number of halogens is 1. The normalized spacial score (nSPS) is 17.3. The SMILES string of the molecule is COc1ccnc(NC2CCCOc3cc(F)ccc32)n1. The van der Waals surface area contributed by atoms with Crippen LogP contribution in [0.1, 0.15) is 24.4 Å². The van der Waals surface area contributed by atoms with Crippen LogP contribution in [0.15, 0.2) is 30.5 Å². The summed E-state index contributed by atoms with van der Waals surface area (Å²) in [5.74, 6) is 1.26. The summed E-state index contributed by atoms with van der Waals surface area (Å²) in [6.07, 6.45) is 3.37. The fraction of sp³-hybridized carbons (Fsp3) is 0.333. The van der Waals surface area contributed by atoms with Gasteiger partial charge in [0.25, 0.3) is 0 Å². The lowest BCUT2D eigenvalue weighted by atomic mass is 10.0. The first-order chi connectivity index (χ1) is 10.3. The van der Waals surface area contributed by atoms with Gasteiger partial charge in [-0.1, -0.05) is 6.07 Å². The van der Waals surface area contributed by atoms with Crippen LogP contribution in [-0.2, 0) is 0 Å². The van der Waals surface area contributed by atoms with Gasteiger partial charge in [-0.2, -0.15) is 4.98 Å². The maximum absolute atomic E-state index is 13.3. The Kier molecular flexibility index (Phi) is 3.85. The molecule has 2 aromatic rings. The molecule has 0 bridgehead atoms. The monoisotopic (exact) mass is 289 g/mol. The maximum Gasteiger partial charge on any atom is 0.226 e. The first-order valence-corrected chi connectivity index (χ1v) is 6.82. The molecule has 1 atom stereocenters. The molecule has 1 unspecified atom stereocenters. The Morgan fingerprint density at radius 1 is 1.38 bits per heavy atom. The molecular formula is C15H16FN3O2. The molecule has 0 aliphatic carbocycles. The predicted octanol–water partition coefficient (Wildman–Crippen LogP) is 2.95. The van der Waals surface area contributed by atoms with Crippen LogP contribution in [-0.4, -0.2) is 23.7 Å². The van der Waals surface area contributed by atoms with Gasteiger partial charge in [0.05, 0.1) is 19.8 Å². The number of nitrogens with zero attached hydrogens (tertiary/aromatic N) is 2. The van der Waals surface area contributed by atoms with Crippen molar-refractivity contribution in [3.8, 4) is 11.6 Å². The van der Waals surface area contributed by atoms with Crippen molar-refractivity contribution in [2.24, 2.45) is 0 Å². The second-order valence-corrected chi connectivity index (χ2v) is 4.79. The van der Waals surface area contributed by atoms with E-state index in [0.717, 1.165) is 18.4 Å². The van der Waals surface area contributed by atoms with Crippen LogP contribution >= 0.6 is 0 Å². The number of ether oxygens (including phenoxy) is 2. The highest BCUT2D eigenvalue weighted by molar-refractivity contribution is 5.42. The van der Waals surface area contributed by atoms with Crippen molar-refractivity contribution in [2.75, 3.05) is 19.0 Å². The van der Waals surface area contributed by atoms with Crippen molar-refractivity contribution in [2.45, 2.75) is 18.9 Å². The first-order valence-electron chi connectivity index (χ1n) is 6.82. The average molecular weight is 289 g/mol. The van der Waals surface area contributed by atoms with E-state index in [0.29, 0.717) is 24.2 Å². The van der Waals surface area contributed by atoms with Gasteiger partial charge in [-0.3, -0.25) is 0 Å². The Labute approximate surface area is 122 Å². The molecule has 3 rings (SSSR count). The van der Waals surface area contributed by atoms with Gasteiger partial charge < -0.3 is 14.8 Å². The van der Waals surface area contributed by atoms with E-state index in [1.165, 1.54) is 12.1 Å². The zero-order valence-electron chi connectivity index (χ0n) is 11.7. The van der Waals surface area contributed by atoms with Crippen LogP contribution < -0.4 is 14.8 Å². The molecule has 110 valence electrons. The summed E-state index contributed by atoms with van der Waals surface area (Å²) in [5, 5.41) is 3.27. The highest BCUT2D eigenvalue weighted by atomic mass is 19.1. The Morgan fingerprint density at radius 2 is 2.29 bits per heavy atom. The second kappa shape index (κ2) is 5.95. The molecule has 2 heterocycles. The summed E-state index contributed by atoms with van der Waals surface area (Å²) < 4.78 is 24.0. The van der Waals surface area contributed by atoms with Gasteiger partial charge in [0.15, 0.2) is 0 Å². The number of nitrogens with one attached hydrogen (secondary N) is 1. The van der Waals surface area contributed by atoms with E-state index >= 15 is 0 Å². The van der Waals surface area contributed by atoms with Gasteiger partial charge in [0.1, 0.15) is 11.6 Å². The van der Waals surface area contributed by atoms with Crippen LogP contribution in [0.25, 0.3) is 0 Å². The summed E-state index contributed by atoms with van der Waals surface area (Å²) in [6, 6.07) is 6.27. The van der Waals surface area contributed by atoms with Crippen molar-refractivity contribution in [1.29, 1.82) is 0 Å². The number of hydrogen-bond acceptors (Lipinski definition) is 5. The van der Waals surface area contributed by atoms with Crippen LogP contribution in [0.3, 0.4) is 0 Å². The topological polar surface area (TPSA) is 56.3 Å². The summed E-state index contributed by atoms with van der Waals surface area (Å²) in [4.78, 5) is 8.43. The second-order valence-electron chi connectivity index (χ2n) is 4.79. The van der Waals surface area contributed by atoms with Crippen LogP contribution in [0, 0.1) is 5.82 Å². The summed E-state index contributed by atoms with van der Waals surface area (Å²) >= 11 is 0. The Bertz CT molecular complexity index is 636. The van der Waals surface area contributed by atoms with Crippen molar-refractivity contribution in [3.63, 3.8) is 0 Å². The number of methoxy groups -OCH3 is 1. The number of rotatable bonds is 3. The van der Waals surface area contributed by atoms with Gasteiger partial charge in [-0.15, -0.1) is 0 Å². The summed E-state index contributed by atoms with van der Waals surface area (Å²) in [5.41, 5.74) is 0.917. The van der Waals surface area contributed by atoms with Gasteiger partial charge in [0.2, 0.25) is 11.8 Å². The van der Waals surface area contributed by atoms with Crippen molar-refractivity contribution in [1.82, 2.24) is 9.97 Å². The minimum Gasteiger partial charge on any atom is -0.493 e. The minimum absolute atomic E-state index is 0.0183. The molecule has 1 N–H and O–H groups in total. The van der Waals surface area contributed by atoms with Crippen molar-refractivity contribution in [3.05, 3.63) is 41.8 Å². The number of benzene rings is 1. The van der Waals surface area contributed by atoms with E-state index in [4.69, 9.17) is 9.47 Å². The molecule has 0 spiro atoms. The van der Waals surface area contributed by atoms with Crippen molar-refractivity contribution >= 4 is 5.95 Å². The molecule has 0 saturated carbocycles. The number of fused-ring (bicyclic) bond motifs is 1. The van der Waals surface area contributed by atoms with Crippen LogP contribution in [0.5, 0.6) is 11.6 Å². The lowest BCUT2D eigenvalue weighted by Gasteiger charge is -2.18. The Balaban J connectivity index is 1.88. The fourth-order valence-electron chi connectivity index (χ4n) is 2.38. The van der Waals surface area contributed by atoms with E-state index in [2.05, 4.69) is 15.3 Å². The highest BCUT2D eigenvalue weighted by Gasteiger charge is 2.21. The third-order valence-electron chi connectivity index (χ3n) is 3.39. The number of hydrogen-bond donors (Lipinski definition) is 1. The van der Waals surface area contributed by atoms with E-state index < -0.39 is 0 Å². The summed E-state index contributed by atoms with van der Waals surface area (Å²) in [6.45, 7) is 0.577. The standard InChI is InChI=1S/C15H16FN3O2/c1-20-14-6-7-17-15(19-14)18-12-3-2-8-21-13-9-10(16)4-5-11(12)13/h4-7,9,12H,2-3,8H2,1H3,(H,17,18,19). The number of aromatic nitrogens is 2. The largest absolute Gasteiger partial charge is 0.493 e. The fourth-order valence-corrected chi connectivity index (χ4v) is 2.38. The Hall–Kier alpha value is -2.37. The number of anilines is 1. The van der Waals surface area contributed by atoms with E-state index in [1.54, 1.807) is 25.4 Å². The molecule has 0 amide bonds. The Morgan fingerprint density at radius 3 is 3.14 bits per heavy atom. The van der Waals surface area contributed by atoms with Gasteiger partial charge in [0, 0.05) is 23.9 Å². The first kappa shape index (κ1) is 13.6. The molecule has 1 aliphatic heterocycles. The lowest BCUT2D eigenvalue weighted by molar-refractivity contribution is 0.315. The zero-order chi connectivity index (χ0) is 14.7. The highest BCUT2D eigenvalue weighted by Crippen LogP contribution is 2.33. The molecular weight excluding hydrogens is 273 g/mol. The molecule has 1 aliphatic rings. The molecule has 6 heteroatoms. The van der Waals surface area contributed by atoms with Gasteiger partial charge in [-0.05, 0) is 18.9 Å². The molecule has 0 saturated heterocycles. The van der Waals surface area contributed by atoms with Gasteiger partial charge in [-0.25, -0.2) is 9.37 Å². The van der Waals surface area contributed by atoms with Crippen molar-refractivity contribution < 1.29 is 13.9 Å². The van der Waals surface area contributed by atoms with Gasteiger partial charge >= 0.3 is 0 Å². The lowest BCUT2D eigenvalue weighted by Crippen LogP contribution is -2.12. The molecule has 1 aromatic heterocycles. The smallest absolute Gasteiger partial charge is 0.226 e.